The number of aliphatic hydroxyl groups is 5. The standard InChI is InChI=1S/C19H25N3O8/c1-10-4-3-5-11(6-10)22-15(27)7-12(24)16(20-22)19(30)21(2)8-13(25)17(28)18(29)14(26)9-23/h3-7,13-14,17-18,23-26,28-29H,8-9H2,1-2H3. The van der Waals surface area contributed by atoms with Gasteiger partial charge in [-0.25, -0.2) is 0 Å². The largest absolute Gasteiger partial charge is 0.505 e. The van der Waals surface area contributed by atoms with E-state index in [0.29, 0.717) is 5.69 Å². The quantitative estimate of drug-likeness (QED) is 0.274. The van der Waals surface area contributed by atoms with E-state index >= 15 is 0 Å². The molecule has 0 spiro atoms. The Kier molecular flexibility index (Phi) is 7.65. The Morgan fingerprint density at radius 2 is 1.77 bits per heavy atom. The second-order valence-corrected chi connectivity index (χ2v) is 6.95. The summed E-state index contributed by atoms with van der Waals surface area (Å²) in [5.41, 5.74) is 0.110. The van der Waals surface area contributed by atoms with Gasteiger partial charge in [0.25, 0.3) is 11.5 Å². The number of aromatic nitrogens is 2. The van der Waals surface area contributed by atoms with Crippen LogP contribution in [0, 0.1) is 6.92 Å². The van der Waals surface area contributed by atoms with Crippen molar-refractivity contribution >= 4 is 5.91 Å². The zero-order chi connectivity index (χ0) is 22.6. The lowest BCUT2D eigenvalue weighted by molar-refractivity contribution is -0.117. The SMILES string of the molecule is Cc1cccc(-n2nc(C(=O)N(C)CC(O)C(O)C(O)C(O)CO)c(O)cc2=O)c1. The Hall–Kier alpha value is -2.83. The molecule has 4 unspecified atom stereocenters. The molecule has 0 aliphatic rings. The summed E-state index contributed by atoms with van der Waals surface area (Å²) in [6.07, 6.45) is -7.06. The maximum atomic E-state index is 12.7. The number of benzene rings is 1. The first-order valence-corrected chi connectivity index (χ1v) is 9.05. The maximum Gasteiger partial charge on any atom is 0.278 e. The minimum absolute atomic E-state index is 0.383. The lowest BCUT2D eigenvalue weighted by atomic mass is 10.0. The Balaban J connectivity index is 2.25. The number of aromatic hydroxyl groups is 1. The predicted molar refractivity (Wildman–Crippen MR) is 104 cm³/mol. The van der Waals surface area contributed by atoms with Gasteiger partial charge in [-0.05, 0) is 24.6 Å². The van der Waals surface area contributed by atoms with E-state index in [2.05, 4.69) is 5.10 Å². The average molecular weight is 423 g/mol. The monoisotopic (exact) mass is 423 g/mol. The third-order valence-corrected chi connectivity index (χ3v) is 4.49. The van der Waals surface area contributed by atoms with Crippen LogP contribution in [0.15, 0.2) is 35.1 Å². The summed E-state index contributed by atoms with van der Waals surface area (Å²) in [6.45, 7) is 0.474. The van der Waals surface area contributed by atoms with Crippen molar-refractivity contribution in [1.82, 2.24) is 14.7 Å². The Morgan fingerprint density at radius 3 is 2.37 bits per heavy atom. The number of hydrogen-bond donors (Lipinski definition) is 6. The number of aryl methyl sites for hydroxylation is 1. The molecule has 1 aromatic heterocycles. The fourth-order valence-corrected chi connectivity index (χ4v) is 2.76. The van der Waals surface area contributed by atoms with E-state index in [1.165, 1.54) is 7.05 Å². The van der Waals surface area contributed by atoms with Crippen molar-refractivity contribution in [3.8, 4) is 11.4 Å². The highest BCUT2D eigenvalue weighted by Gasteiger charge is 2.32. The summed E-state index contributed by atoms with van der Waals surface area (Å²) in [5, 5.41) is 61.7. The lowest BCUT2D eigenvalue weighted by Gasteiger charge is -2.28. The fourth-order valence-electron chi connectivity index (χ4n) is 2.76. The molecule has 1 heterocycles. The predicted octanol–water partition coefficient (Wildman–Crippen LogP) is -2.25. The number of carbonyl (C=O) groups is 1. The minimum atomic E-state index is -1.86. The summed E-state index contributed by atoms with van der Waals surface area (Å²) in [7, 11) is 1.25. The Bertz CT molecular complexity index is 948. The first-order valence-electron chi connectivity index (χ1n) is 9.05. The number of aliphatic hydroxyl groups excluding tert-OH is 5. The van der Waals surface area contributed by atoms with Gasteiger partial charge < -0.3 is 35.5 Å². The van der Waals surface area contributed by atoms with Crippen LogP contribution in [0.4, 0.5) is 0 Å². The van der Waals surface area contributed by atoms with Gasteiger partial charge in [-0.3, -0.25) is 9.59 Å². The van der Waals surface area contributed by atoms with Crippen LogP contribution in [-0.2, 0) is 0 Å². The number of likely N-dealkylation sites (N-methyl/N-ethyl adjacent to an activating group) is 1. The number of nitrogens with zero attached hydrogens (tertiary/aromatic N) is 3. The minimum Gasteiger partial charge on any atom is -0.505 e. The van der Waals surface area contributed by atoms with Crippen LogP contribution in [0.1, 0.15) is 16.1 Å². The molecule has 0 saturated heterocycles. The smallest absolute Gasteiger partial charge is 0.278 e. The van der Waals surface area contributed by atoms with Gasteiger partial charge in [-0.2, -0.15) is 9.78 Å². The molecule has 1 amide bonds. The molecule has 30 heavy (non-hydrogen) atoms. The summed E-state index contributed by atoms with van der Waals surface area (Å²) in [4.78, 5) is 25.8. The molecule has 0 aliphatic heterocycles. The molecule has 2 rings (SSSR count). The third-order valence-electron chi connectivity index (χ3n) is 4.49. The number of rotatable bonds is 8. The van der Waals surface area contributed by atoms with Gasteiger partial charge in [0.15, 0.2) is 11.4 Å². The number of hydrogen-bond acceptors (Lipinski definition) is 9. The van der Waals surface area contributed by atoms with Crippen LogP contribution in [-0.4, -0.2) is 95.8 Å². The molecule has 0 saturated carbocycles. The highest BCUT2D eigenvalue weighted by atomic mass is 16.4. The first-order chi connectivity index (χ1) is 14.1. The van der Waals surface area contributed by atoms with Crippen LogP contribution in [0.25, 0.3) is 5.69 Å². The highest BCUT2D eigenvalue weighted by Crippen LogP contribution is 2.16. The van der Waals surface area contributed by atoms with Crippen molar-refractivity contribution in [3.63, 3.8) is 0 Å². The second kappa shape index (κ2) is 9.78. The first kappa shape index (κ1) is 23.4. The zero-order valence-corrected chi connectivity index (χ0v) is 16.5. The van der Waals surface area contributed by atoms with Gasteiger partial charge in [0, 0.05) is 19.7 Å². The fraction of sp³-hybridized carbons (Fsp3) is 0.421. The van der Waals surface area contributed by atoms with Crippen molar-refractivity contribution in [1.29, 1.82) is 0 Å². The van der Waals surface area contributed by atoms with E-state index in [-0.39, 0.29) is 0 Å². The molecule has 2 aromatic rings. The Labute approximate surface area is 171 Å². The van der Waals surface area contributed by atoms with E-state index in [9.17, 15) is 35.1 Å². The van der Waals surface area contributed by atoms with Gasteiger partial charge in [-0.15, -0.1) is 0 Å². The molecule has 0 radical (unpaired) electrons. The van der Waals surface area contributed by atoms with E-state index < -0.39 is 60.5 Å². The number of amides is 1. The summed E-state index contributed by atoms with van der Waals surface area (Å²) in [5.74, 6) is -1.52. The molecule has 1 aromatic carbocycles. The van der Waals surface area contributed by atoms with E-state index in [4.69, 9.17) is 5.11 Å². The van der Waals surface area contributed by atoms with Gasteiger partial charge >= 0.3 is 0 Å². The third kappa shape index (κ3) is 5.20. The molecular formula is C19H25N3O8. The topological polar surface area (TPSA) is 177 Å². The van der Waals surface area contributed by atoms with Crippen molar-refractivity contribution in [2.24, 2.45) is 0 Å². The normalized spacial score (nSPS) is 15.3. The van der Waals surface area contributed by atoms with Crippen molar-refractivity contribution in [2.45, 2.75) is 31.3 Å². The van der Waals surface area contributed by atoms with Crippen LogP contribution in [0.3, 0.4) is 0 Å². The molecule has 11 nitrogen and oxygen atoms in total. The molecule has 0 bridgehead atoms. The van der Waals surface area contributed by atoms with E-state index in [0.717, 1.165) is 21.2 Å². The Morgan fingerprint density at radius 1 is 1.13 bits per heavy atom. The van der Waals surface area contributed by atoms with Gasteiger partial charge in [0.2, 0.25) is 0 Å². The van der Waals surface area contributed by atoms with Crippen LogP contribution in [0.2, 0.25) is 0 Å². The van der Waals surface area contributed by atoms with E-state index in [1.807, 2.05) is 13.0 Å². The second-order valence-electron chi connectivity index (χ2n) is 6.95. The molecular weight excluding hydrogens is 398 g/mol. The summed E-state index contributed by atoms with van der Waals surface area (Å²) in [6, 6.07) is 7.61. The van der Waals surface area contributed by atoms with Crippen LogP contribution in [0.5, 0.6) is 5.75 Å². The molecule has 0 aliphatic carbocycles. The van der Waals surface area contributed by atoms with Crippen molar-refractivity contribution in [2.75, 3.05) is 20.2 Å². The maximum absolute atomic E-state index is 12.7. The summed E-state index contributed by atoms with van der Waals surface area (Å²) >= 11 is 0. The summed E-state index contributed by atoms with van der Waals surface area (Å²) < 4.78 is 0.945. The average Bonchev–Trinajstić information content (AvgIpc) is 2.71. The highest BCUT2D eigenvalue weighted by molar-refractivity contribution is 5.94. The molecule has 4 atom stereocenters. The van der Waals surface area contributed by atoms with Crippen molar-refractivity contribution in [3.05, 3.63) is 51.9 Å². The van der Waals surface area contributed by atoms with Crippen LogP contribution >= 0.6 is 0 Å². The molecule has 6 N–H and O–H groups in total. The van der Waals surface area contributed by atoms with Gasteiger partial charge in [0.1, 0.15) is 24.4 Å². The van der Waals surface area contributed by atoms with Gasteiger partial charge in [0.05, 0.1) is 12.3 Å². The molecule has 0 fully saturated rings. The van der Waals surface area contributed by atoms with Gasteiger partial charge in [-0.1, -0.05) is 12.1 Å². The lowest BCUT2D eigenvalue weighted by Crippen LogP contribution is -2.50. The molecule has 164 valence electrons. The van der Waals surface area contributed by atoms with E-state index in [1.54, 1.807) is 18.2 Å². The van der Waals surface area contributed by atoms with Crippen LogP contribution < -0.4 is 5.56 Å². The zero-order valence-electron chi connectivity index (χ0n) is 16.5. The number of carbonyl (C=O) groups excluding carboxylic acids is 1. The molecule has 11 heteroatoms. The van der Waals surface area contributed by atoms with Crippen molar-refractivity contribution < 1.29 is 35.4 Å².